The van der Waals surface area contributed by atoms with Crippen LogP contribution >= 0.6 is 11.6 Å². The summed E-state index contributed by atoms with van der Waals surface area (Å²) in [6.45, 7) is 6.16. The standard InChI is InChI=1S/C17H23ClN2O2/c1-2-5-13-11-22-12-14-10-19(8-9-20(13)14)17(21)15-6-3-4-7-16(15)18/h3-4,6-7,13-14H,2,5,8-12H2,1H3/t13-,14+/m0/s1. The first-order valence-corrected chi connectivity index (χ1v) is 8.45. The van der Waals surface area contributed by atoms with Gasteiger partial charge in [-0.3, -0.25) is 9.69 Å². The van der Waals surface area contributed by atoms with E-state index in [1.165, 1.54) is 6.42 Å². The van der Waals surface area contributed by atoms with Crippen molar-refractivity contribution in [3.05, 3.63) is 34.9 Å². The number of morpholine rings is 1. The van der Waals surface area contributed by atoms with Gasteiger partial charge in [0.1, 0.15) is 0 Å². The fourth-order valence-corrected chi connectivity index (χ4v) is 3.72. The fourth-order valence-electron chi connectivity index (χ4n) is 3.51. The maximum absolute atomic E-state index is 12.7. The lowest BCUT2D eigenvalue weighted by atomic mass is 10.0. The molecule has 2 aliphatic heterocycles. The molecule has 22 heavy (non-hydrogen) atoms. The van der Waals surface area contributed by atoms with Crippen molar-refractivity contribution in [2.45, 2.75) is 31.8 Å². The maximum Gasteiger partial charge on any atom is 0.255 e. The van der Waals surface area contributed by atoms with Crippen LogP contribution < -0.4 is 0 Å². The zero-order valence-electron chi connectivity index (χ0n) is 13.0. The number of piperazine rings is 1. The lowest BCUT2D eigenvalue weighted by molar-refractivity contribution is -0.0776. The third-order valence-electron chi connectivity index (χ3n) is 4.63. The monoisotopic (exact) mass is 322 g/mol. The molecule has 0 unspecified atom stereocenters. The smallest absolute Gasteiger partial charge is 0.255 e. The van der Waals surface area contributed by atoms with Crippen LogP contribution in [0.3, 0.4) is 0 Å². The van der Waals surface area contributed by atoms with Gasteiger partial charge in [0.25, 0.3) is 5.91 Å². The molecule has 2 heterocycles. The Morgan fingerprint density at radius 1 is 1.32 bits per heavy atom. The normalized spacial score (nSPS) is 25.8. The minimum Gasteiger partial charge on any atom is -0.378 e. The Morgan fingerprint density at radius 3 is 2.91 bits per heavy atom. The molecule has 2 aliphatic rings. The molecule has 5 heteroatoms. The van der Waals surface area contributed by atoms with Gasteiger partial charge in [-0.1, -0.05) is 37.1 Å². The summed E-state index contributed by atoms with van der Waals surface area (Å²) in [5.74, 6) is 0.0304. The highest BCUT2D eigenvalue weighted by Crippen LogP contribution is 2.24. The molecule has 0 N–H and O–H groups in total. The molecular formula is C17H23ClN2O2. The molecule has 1 amide bonds. The van der Waals surface area contributed by atoms with Crippen LogP contribution in [0.25, 0.3) is 0 Å². The number of carbonyl (C=O) groups excluding carboxylic acids is 1. The Morgan fingerprint density at radius 2 is 2.14 bits per heavy atom. The van der Waals surface area contributed by atoms with Crippen LogP contribution in [0.15, 0.2) is 24.3 Å². The Hall–Kier alpha value is -1.10. The number of benzene rings is 1. The second kappa shape index (κ2) is 6.99. The van der Waals surface area contributed by atoms with Crippen molar-refractivity contribution < 1.29 is 9.53 Å². The first-order valence-electron chi connectivity index (χ1n) is 8.08. The van der Waals surface area contributed by atoms with Crippen molar-refractivity contribution in [1.82, 2.24) is 9.80 Å². The number of halogens is 1. The molecule has 3 rings (SSSR count). The topological polar surface area (TPSA) is 32.8 Å². The summed E-state index contributed by atoms with van der Waals surface area (Å²) in [4.78, 5) is 17.1. The van der Waals surface area contributed by atoms with Crippen LogP contribution in [-0.2, 0) is 4.74 Å². The molecule has 0 spiro atoms. The summed E-state index contributed by atoms with van der Waals surface area (Å²) in [7, 11) is 0. The first-order chi connectivity index (χ1) is 10.7. The number of amides is 1. The molecule has 2 atom stereocenters. The summed E-state index contributed by atoms with van der Waals surface area (Å²) in [6.07, 6.45) is 2.33. The van der Waals surface area contributed by atoms with E-state index in [9.17, 15) is 4.79 Å². The molecule has 0 radical (unpaired) electrons. The summed E-state index contributed by atoms with van der Waals surface area (Å²) >= 11 is 6.16. The predicted octanol–water partition coefficient (Wildman–Crippen LogP) is 2.67. The Bertz CT molecular complexity index is 535. The van der Waals surface area contributed by atoms with Crippen LogP contribution in [0, 0.1) is 0 Å². The van der Waals surface area contributed by atoms with Gasteiger partial charge < -0.3 is 9.64 Å². The molecule has 0 saturated carbocycles. The molecule has 4 nitrogen and oxygen atoms in total. The summed E-state index contributed by atoms with van der Waals surface area (Å²) < 4.78 is 5.76. The summed E-state index contributed by atoms with van der Waals surface area (Å²) in [5.41, 5.74) is 0.597. The van der Waals surface area contributed by atoms with Gasteiger partial charge in [-0.15, -0.1) is 0 Å². The van der Waals surface area contributed by atoms with Gasteiger partial charge in [-0.05, 0) is 18.6 Å². The molecule has 1 aromatic rings. The van der Waals surface area contributed by atoms with Crippen molar-refractivity contribution >= 4 is 17.5 Å². The molecule has 120 valence electrons. The zero-order chi connectivity index (χ0) is 15.5. The average molecular weight is 323 g/mol. The minimum absolute atomic E-state index is 0.0304. The van der Waals surface area contributed by atoms with Gasteiger partial charge in [0, 0.05) is 25.7 Å². The molecular weight excluding hydrogens is 300 g/mol. The third-order valence-corrected chi connectivity index (χ3v) is 4.96. The third kappa shape index (κ3) is 3.14. The minimum atomic E-state index is 0.0304. The second-order valence-corrected chi connectivity index (χ2v) is 6.51. The van der Waals surface area contributed by atoms with Gasteiger partial charge in [0.15, 0.2) is 0 Å². The quantitative estimate of drug-likeness (QED) is 0.857. The van der Waals surface area contributed by atoms with Crippen molar-refractivity contribution in [3.63, 3.8) is 0 Å². The highest BCUT2D eigenvalue weighted by molar-refractivity contribution is 6.33. The average Bonchev–Trinajstić information content (AvgIpc) is 2.55. The number of fused-ring (bicyclic) bond motifs is 1. The van der Waals surface area contributed by atoms with Crippen LogP contribution in [0.5, 0.6) is 0 Å². The number of rotatable bonds is 3. The number of carbonyl (C=O) groups is 1. The molecule has 0 aromatic heterocycles. The molecule has 0 bridgehead atoms. The SMILES string of the molecule is CCC[C@H]1COC[C@H]2CN(C(=O)c3ccccc3Cl)CCN12. The summed E-state index contributed by atoms with van der Waals surface area (Å²) in [6, 6.07) is 8.09. The van der Waals surface area contributed by atoms with Crippen LogP contribution in [0.2, 0.25) is 5.02 Å². The number of hydrogen-bond donors (Lipinski definition) is 0. The van der Waals surface area contributed by atoms with Gasteiger partial charge >= 0.3 is 0 Å². The number of ether oxygens (including phenoxy) is 1. The van der Waals surface area contributed by atoms with E-state index in [-0.39, 0.29) is 5.91 Å². The highest BCUT2D eigenvalue weighted by atomic mass is 35.5. The Kier molecular flexibility index (Phi) is 5.01. The maximum atomic E-state index is 12.7. The van der Waals surface area contributed by atoms with E-state index >= 15 is 0 Å². The van der Waals surface area contributed by atoms with Gasteiger partial charge in [-0.2, -0.15) is 0 Å². The van der Waals surface area contributed by atoms with Crippen molar-refractivity contribution in [1.29, 1.82) is 0 Å². The molecule has 2 saturated heterocycles. The van der Waals surface area contributed by atoms with Crippen LogP contribution in [-0.4, -0.2) is 60.6 Å². The van der Waals surface area contributed by atoms with Gasteiger partial charge in [-0.25, -0.2) is 0 Å². The van der Waals surface area contributed by atoms with E-state index in [0.29, 0.717) is 29.3 Å². The molecule has 0 aliphatic carbocycles. The van der Waals surface area contributed by atoms with Gasteiger partial charge in [0.05, 0.1) is 29.8 Å². The number of hydrogen-bond acceptors (Lipinski definition) is 3. The highest BCUT2D eigenvalue weighted by Gasteiger charge is 2.36. The molecule has 1 aromatic carbocycles. The van der Waals surface area contributed by atoms with E-state index < -0.39 is 0 Å². The first kappa shape index (κ1) is 15.8. The largest absolute Gasteiger partial charge is 0.378 e. The summed E-state index contributed by atoms with van der Waals surface area (Å²) in [5, 5.41) is 0.527. The molecule has 2 fully saturated rings. The van der Waals surface area contributed by atoms with E-state index in [1.807, 2.05) is 17.0 Å². The van der Waals surface area contributed by atoms with Crippen LogP contribution in [0.4, 0.5) is 0 Å². The Labute approximate surface area is 137 Å². The van der Waals surface area contributed by atoms with E-state index in [1.54, 1.807) is 12.1 Å². The lowest BCUT2D eigenvalue weighted by Crippen LogP contribution is -2.62. The van der Waals surface area contributed by atoms with Gasteiger partial charge in [0.2, 0.25) is 0 Å². The number of nitrogens with zero attached hydrogens (tertiary/aromatic N) is 2. The second-order valence-electron chi connectivity index (χ2n) is 6.10. The van der Waals surface area contributed by atoms with E-state index in [2.05, 4.69) is 11.8 Å². The van der Waals surface area contributed by atoms with Crippen molar-refractivity contribution in [3.8, 4) is 0 Å². The lowest BCUT2D eigenvalue weighted by Gasteiger charge is -2.48. The predicted molar refractivity (Wildman–Crippen MR) is 87.4 cm³/mol. The van der Waals surface area contributed by atoms with E-state index in [0.717, 1.165) is 32.7 Å². The van der Waals surface area contributed by atoms with Crippen LogP contribution in [0.1, 0.15) is 30.1 Å². The van der Waals surface area contributed by atoms with Crippen molar-refractivity contribution in [2.24, 2.45) is 0 Å². The van der Waals surface area contributed by atoms with E-state index in [4.69, 9.17) is 16.3 Å². The van der Waals surface area contributed by atoms with Crippen molar-refractivity contribution in [2.75, 3.05) is 32.8 Å². The Balaban J connectivity index is 1.69. The zero-order valence-corrected chi connectivity index (χ0v) is 13.8. The fraction of sp³-hybridized carbons (Fsp3) is 0.588.